The lowest BCUT2D eigenvalue weighted by Crippen LogP contribution is -2.22. The van der Waals surface area contributed by atoms with E-state index in [1.165, 1.54) is 7.11 Å². The number of ketones is 1. The second kappa shape index (κ2) is 8.81. The molecular weight excluding hydrogens is 264 g/mol. The van der Waals surface area contributed by atoms with Crippen LogP contribution in [-0.2, 0) is 14.3 Å². The van der Waals surface area contributed by atoms with Gasteiger partial charge in [0, 0.05) is 5.92 Å². The second-order valence-corrected chi connectivity index (χ2v) is 5.42. The van der Waals surface area contributed by atoms with E-state index in [0.717, 1.165) is 36.8 Å². The summed E-state index contributed by atoms with van der Waals surface area (Å²) >= 11 is 0. The number of carbonyl (C=O) groups is 2. The fourth-order valence-electron chi connectivity index (χ4n) is 3.08. The summed E-state index contributed by atoms with van der Waals surface area (Å²) in [5.74, 6) is 0.117. The van der Waals surface area contributed by atoms with Crippen LogP contribution in [0.5, 0.6) is 0 Å². The summed E-state index contributed by atoms with van der Waals surface area (Å²) in [6.45, 7) is 6.12. The predicted octanol–water partition coefficient (Wildman–Crippen LogP) is 4.23. The fourth-order valence-corrected chi connectivity index (χ4v) is 3.08. The number of rotatable bonds is 3. The van der Waals surface area contributed by atoms with E-state index in [4.69, 9.17) is 4.74 Å². The fraction of sp³-hybridized carbons (Fsp3) is 0.667. The number of carbonyl (C=O) groups excluding carboxylic acids is 2. The van der Waals surface area contributed by atoms with E-state index in [-0.39, 0.29) is 17.8 Å². The van der Waals surface area contributed by atoms with Gasteiger partial charge in [-0.3, -0.25) is 9.59 Å². The molecule has 0 saturated heterocycles. The summed E-state index contributed by atoms with van der Waals surface area (Å²) in [6, 6.07) is 0. The van der Waals surface area contributed by atoms with Crippen LogP contribution in [-0.4, -0.2) is 18.9 Å². The highest BCUT2D eigenvalue weighted by atomic mass is 16.5. The molecule has 0 N–H and O–H groups in total. The van der Waals surface area contributed by atoms with Crippen molar-refractivity contribution in [3.8, 4) is 0 Å². The van der Waals surface area contributed by atoms with Crippen LogP contribution in [0.2, 0.25) is 0 Å². The summed E-state index contributed by atoms with van der Waals surface area (Å²) in [4.78, 5) is 24.0. The van der Waals surface area contributed by atoms with Crippen LogP contribution in [0, 0.1) is 11.8 Å². The van der Waals surface area contributed by atoms with Crippen molar-refractivity contribution in [2.45, 2.75) is 59.3 Å². The smallest absolute Gasteiger partial charge is 0.312 e. The number of hydrogen-bond acceptors (Lipinski definition) is 3. The number of Topliss-reactive ketones (excluding diaryl/α,β-unsaturated/α-hetero) is 1. The largest absolute Gasteiger partial charge is 0.469 e. The van der Waals surface area contributed by atoms with Crippen molar-refractivity contribution in [1.29, 1.82) is 0 Å². The van der Waals surface area contributed by atoms with Crippen LogP contribution >= 0.6 is 0 Å². The third-order valence-corrected chi connectivity index (χ3v) is 4.19. The van der Waals surface area contributed by atoms with Crippen molar-refractivity contribution >= 4 is 11.8 Å². The normalized spacial score (nSPS) is 24.7. The van der Waals surface area contributed by atoms with E-state index in [1.54, 1.807) is 0 Å². The van der Waals surface area contributed by atoms with Crippen molar-refractivity contribution in [2.75, 3.05) is 7.11 Å². The summed E-state index contributed by atoms with van der Waals surface area (Å²) in [5.41, 5.74) is 2.11. The van der Waals surface area contributed by atoms with E-state index in [9.17, 15) is 9.59 Å². The Morgan fingerprint density at radius 1 is 1.29 bits per heavy atom. The number of allylic oxidation sites excluding steroid dienone is 3. The third-order valence-electron chi connectivity index (χ3n) is 4.19. The highest BCUT2D eigenvalue weighted by Gasteiger charge is 2.30. The molecule has 3 heteroatoms. The molecule has 0 aliphatic heterocycles. The van der Waals surface area contributed by atoms with Gasteiger partial charge in [-0.2, -0.15) is 0 Å². The Labute approximate surface area is 128 Å². The molecule has 3 nitrogen and oxygen atoms in total. The zero-order valence-electron chi connectivity index (χ0n) is 13.8. The average Bonchev–Trinajstić information content (AvgIpc) is 2.74. The molecule has 2 unspecified atom stereocenters. The number of ether oxygens (including phenoxy) is 1. The molecular formula is C18H28O3. The highest BCUT2D eigenvalue weighted by molar-refractivity contribution is 5.99. The Morgan fingerprint density at radius 2 is 2.00 bits per heavy atom. The van der Waals surface area contributed by atoms with E-state index in [1.807, 2.05) is 26.0 Å². The highest BCUT2D eigenvalue weighted by Crippen LogP contribution is 2.35. The topological polar surface area (TPSA) is 43.4 Å². The monoisotopic (exact) mass is 292 g/mol. The van der Waals surface area contributed by atoms with Crippen molar-refractivity contribution < 1.29 is 14.3 Å². The minimum Gasteiger partial charge on any atom is -0.469 e. The molecule has 0 aromatic heterocycles. The zero-order chi connectivity index (χ0) is 15.8. The predicted molar refractivity (Wildman–Crippen MR) is 84.9 cm³/mol. The van der Waals surface area contributed by atoms with E-state index < -0.39 is 0 Å². The van der Waals surface area contributed by atoms with E-state index in [0.29, 0.717) is 18.6 Å². The van der Waals surface area contributed by atoms with Gasteiger partial charge in [-0.25, -0.2) is 0 Å². The molecule has 0 amide bonds. The first-order valence-corrected chi connectivity index (χ1v) is 8.19. The number of methoxy groups -OCH3 is 1. The van der Waals surface area contributed by atoms with Gasteiger partial charge in [0.1, 0.15) is 0 Å². The quantitative estimate of drug-likeness (QED) is 0.731. The number of esters is 1. The maximum atomic E-state index is 12.4. The second-order valence-electron chi connectivity index (χ2n) is 5.42. The lowest BCUT2D eigenvalue weighted by Gasteiger charge is -2.24. The molecule has 0 saturated carbocycles. The van der Waals surface area contributed by atoms with Gasteiger partial charge in [0.05, 0.1) is 13.0 Å². The SMILES string of the molecule is CC.CCCC1CCC2=C(CCC(C(=O)OC)C=C2)C1=O. The Bertz CT molecular complexity index is 432. The van der Waals surface area contributed by atoms with Crippen LogP contribution in [0.25, 0.3) is 0 Å². The molecule has 2 atom stereocenters. The van der Waals surface area contributed by atoms with Gasteiger partial charge in [-0.15, -0.1) is 0 Å². The summed E-state index contributed by atoms with van der Waals surface area (Å²) in [7, 11) is 1.41. The zero-order valence-corrected chi connectivity index (χ0v) is 13.8. The summed E-state index contributed by atoms with van der Waals surface area (Å²) in [6.07, 6.45) is 9.24. The molecule has 0 bridgehead atoms. The molecule has 2 aliphatic rings. The van der Waals surface area contributed by atoms with Gasteiger partial charge < -0.3 is 4.74 Å². The molecule has 21 heavy (non-hydrogen) atoms. The molecule has 0 aromatic rings. The van der Waals surface area contributed by atoms with Crippen LogP contribution in [0.15, 0.2) is 23.3 Å². The van der Waals surface area contributed by atoms with Gasteiger partial charge in [0.2, 0.25) is 0 Å². The molecule has 118 valence electrons. The summed E-state index contributed by atoms with van der Waals surface area (Å²) < 4.78 is 4.79. The van der Waals surface area contributed by atoms with Crippen molar-refractivity contribution in [1.82, 2.24) is 0 Å². The lowest BCUT2D eigenvalue weighted by molar-refractivity contribution is -0.144. The maximum Gasteiger partial charge on any atom is 0.312 e. The first kappa shape index (κ1) is 17.7. The standard InChI is InChI=1S/C16H22O3.C2H6/c1-3-4-12-7-5-11-6-8-13(16(18)19-2)9-10-14(11)15(12)17;1-2/h6,8,12-13H,3-5,7,9-10H2,1-2H3;1-2H3. The van der Waals surface area contributed by atoms with Crippen LogP contribution in [0.1, 0.15) is 59.3 Å². The molecule has 2 rings (SSSR count). The van der Waals surface area contributed by atoms with Gasteiger partial charge in [-0.1, -0.05) is 39.3 Å². The Hall–Kier alpha value is -1.38. The maximum absolute atomic E-state index is 12.4. The minimum atomic E-state index is -0.201. The van der Waals surface area contributed by atoms with E-state index in [2.05, 4.69) is 6.92 Å². The van der Waals surface area contributed by atoms with Crippen LogP contribution < -0.4 is 0 Å². The number of hydrogen-bond donors (Lipinski definition) is 0. The van der Waals surface area contributed by atoms with E-state index >= 15 is 0 Å². The third kappa shape index (κ3) is 4.29. The minimum absolute atomic E-state index is 0.200. The molecule has 0 spiro atoms. The Balaban J connectivity index is 0.00000106. The molecule has 2 aliphatic carbocycles. The molecule has 0 aromatic carbocycles. The van der Waals surface area contributed by atoms with Gasteiger partial charge in [-0.05, 0) is 43.3 Å². The Kier molecular flexibility index (Phi) is 7.41. The van der Waals surface area contributed by atoms with Crippen molar-refractivity contribution in [3.63, 3.8) is 0 Å². The first-order valence-electron chi connectivity index (χ1n) is 8.19. The molecule has 0 heterocycles. The average molecular weight is 292 g/mol. The van der Waals surface area contributed by atoms with Crippen molar-refractivity contribution in [3.05, 3.63) is 23.3 Å². The van der Waals surface area contributed by atoms with Gasteiger partial charge in [0.25, 0.3) is 0 Å². The first-order chi connectivity index (χ1) is 10.2. The van der Waals surface area contributed by atoms with Gasteiger partial charge in [0.15, 0.2) is 5.78 Å². The molecule has 0 fully saturated rings. The molecule has 0 radical (unpaired) electrons. The van der Waals surface area contributed by atoms with Crippen LogP contribution in [0.4, 0.5) is 0 Å². The lowest BCUT2D eigenvalue weighted by atomic mass is 9.79. The summed E-state index contributed by atoms with van der Waals surface area (Å²) in [5, 5.41) is 0. The Morgan fingerprint density at radius 3 is 2.62 bits per heavy atom. The van der Waals surface area contributed by atoms with Crippen molar-refractivity contribution in [2.24, 2.45) is 11.8 Å². The van der Waals surface area contributed by atoms with Gasteiger partial charge >= 0.3 is 5.97 Å². The van der Waals surface area contributed by atoms with Crippen LogP contribution in [0.3, 0.4) is 0 Å².